The fourth-order valence-electron chi connectivity index (χ4n) is 2.21. The SMILES string of the molecule is Cc1nnc(NC2(CO)CCC(C)CC2)s1. The number of aryl methyl sites for hydroxylation is 1. The van der Waals surface area contributed by atoms with E-state index in [9.17, 15) is 5.11 Å². The third-order valence-electron chi connectivity index (χ3n) is 3.43. The highest BCUT2D eigenvalue weighted by Gasteiger charge is 2.34. The van der Waals surface area contributed by atoms with E-state index >= 15 is 0 Å². The molecule has 1 saturated carbocycles. The molecule has 0 saturated heterocycles. The van der Waals surface area contributed by atoms with Gasteiger partial charge in [-0.3, -0.25) is 0 Å². The van der Waals surface area contributed by atoms with Gasteiger partial charge >= 0.3 is 0 Å². The Bertz CT molecular complexity index is 345. The molecule has 4 nitrogen and oxygen atoms in total. The Kier molecular flexibility index (Phi) is 3.44. The van der Waals surface area contributed by atoms with Crippen LogP contribution in [-0.4, -0.2) is 27.4 Å². The van der Waals surface area contributed by atoms with Crippen LogP contribution in [0.5, 0.6) is 0 Å². The van der Waals surface area contributed by atoms with Crippen molar-refractivity contribution in [2.75, 3.05) is 11.9 Å². The van der Waals surface area contributed by atoms with E-state index in [1.54, 1.807) is 11.3 Å². The Balaban J connectivity index is 2.04. The van der Waals surface area contributed by atoms with Gasteiger partial charge in [0.15, 0.2) is 0 Å². The van der Waals surface area contributed by atoms with E-state index in [1.165, 1.54) is 12.8 Å². The number of hydrogen-bond donors (Lipinski definition) is 2. The first-order chi connectivity index (χ1) is 7.63. The third kappa shape index (κ3) is 2.52. The fourth-order valence-corrected chi connectivity index (χ4v) is 2.92. The van der Waals surface area contributed by atoms with Crippen molar-refractivity contribution in [3.63, 3.8) is 0 Å². The lowest BCUT2D eigenvalue weighted by atomic mass is 9.78. The van der Waals surface area contributed by atoms with Gasteiger partial charge in [-0.25, -0.2) is 0 Å². The molecule has 5 heteroatoms. The van der Waals surface area contributed by atoms with Crippen LogP contribution in [0.3, 0.4) is 0 Å². The van der Waals surface area contributed by atoms with Crippen molar-refractivity contribution in [1.29, 1.82) is 0 Å². The summed E-state index contributed by atoms with van der Waals surface area (Å²) in [4.78, 5) is 0. The van der Waals surface area contributed by atoms with Crippen LogP contribution in [0.2, 0.25) is 0 Å². The average Bonchev–Trinajstić information content (AvgIpc) is 2.68. The van der Waals surface area contributed by atoms with Crippen molar-refractivity contribution < 1.29 is 5.11 Å². The normalized spacial score (nSPS) is 30.3. The van der Waals surface area contributed by atoms with Crippen LogP contribution >= 0.6 is 11.3 Å². The van der Waals surface area contributed by atoms with Gasteiger partial charge in [0.25, 0.3) is 0 Å². The molecular weight excluding hydrogens is 222 g/mol. The van der Waals surface area contributed by atoms with Crippen molar-refractivity contribution >= 4 is 16.5 Å². The molecular formula is C11H19N3OS. The summed E-state index contributed by atoms with van der Waals surface area (Å²) in [6, 6.07) is 0. The number of nitrogens with zero attached hydrogens (tertiary/aromatic N) is 2. The maximum atomic E-state index is 9.59. The second-order valence-corrected chi connectivity index (χ2v) is 6.05. The maximum absolute atomic E-state index is 9.59. The van der Waals surface area contributed by atoms with E-state index in [4.69, 9.17) is 0 Å². The molecule has 16 heavy (non-hydrogen) atoms. The molecule has 1 aliphatic rings. The summed E-state index contributed by atoms with van der Waals surface area (Å²) in [7, 11) is 0. The molecule has 2 rings (SSSR count). The van der Waals surface area contributed by atoms with Gasteiger partial charge in [-0.2, -0.15) is 0 Å². The number of aliphatic hydroxyl groups excluding tert-OH is 1. The summed E-state index contributed by atoms with van der Waals surface area (Å²) in [6.45, 7) is 4.39. The van der Waals surface area contributed by atoms with E-state index in [2.05, 4.69) is 22.4 Å². The minimum atomic E-state index is -0.168. The number of rotatable bonds is 3. The minimum Gasteiger partial charge on any atom is -0.394 e. The van der Waals surface area contributed by atoms with Crippen molar-refractivity contribution in [1.82, 2.24) is 10.2 Å². The van der Waals surface area contributed by atoms with Gasteiger partial charge in [0.05, 0.1) is 12.1 Å². The molecule has 2 N–H and O–H groups in total. The lowest BCUT2D eigenvalue weighted by Gasteiger charge is -2.38. The molecule has 0 aromatic carbocycles. The van der Waals surface area contributed by atoms with Gasteiger partial charge in [-0.1, -0.05) is 18.3 Å². The largest absolute Gasteiger partial charge is 0.394 e. The molecule has 1 heterocycles. The number of hydrogen-bond acceptors (Lipinski definition) is 5. The molecule has 0 radical (unpaired) electrons. The molecule has 1 aromatic heterocycles. The van der Waals surface area contributed by atoms with Crippen molar-refractivity contribution in [3.05, 3.63) is 5.01 Å². The monoisotopic (exact) mass is 241 g/mol. The highest BCUT2D eigenvalue weighted by molar-refractivity contribution is 7.15. The Morgan fingerprint density at radius 3 is 2.62 bits per heavy atom. The van der Waals surface area contributed by atoms with E-state index in [-0.39, 0.29) is 12.1 Å². The van der Waals surface area contributed by atoms with Crippen LogP contribution in [0.1, 0.15) is 37.6 Å². The number of aromatic nitrogens is 2. The Hall–Kier alpha value is -0.680. The van der Waals surface area contributed by atoms with E-state index in [0.29, 0.717) is 0 Å². The predicted octanol–water partition coefficient (Wildman–Crippen LogP) is 2.20. The summed E-state index contributed by atoms with van der Waals surface area (Å²) in [5, 5.41) is 22.8. The summed E-state index contributed by atoms with van der Waals surface area (Å²) in [6.07, 6.45) is 4.38. The van der Waals surface area contributed by atoms with E-state index in [0.717, 1.165) is 28.9 Å². The average molecular weight is 241 g/mol. The van der Waals surface area contributed by atoms with Crippen LogP contribution in [-0.2, 0) is 0 Å². The molecule has 0 amide bonds. The third-order valence-corrected chi connectivity index (χ3v) is 4.19. The molecule has 1 aromatic rings. The summed E-state index contributed by atoms with van der Waals surface area (Å²) >= 11 is 1.55. The Morgan fingerprint density at radius 2 is 2.12 bits per heavy atom. The quantitative estimate of drug-likeness (QED) is 0.851. The molecule has 90 valence electrons. The van der Waals surface area contributed by atoms with Crippen LogP contribution in [0.4, 0.5) is 5.13 Å². The molecule has 0 atom stereocenters. The van der Waals surface area contributed by atoms with Crippen molar-refractivity contribution in [3.8, 4) is 0 Å². The zero-order valence-electron chi connectivity index (χ0n) is 9.86. The van der Waals surface area contributed by atoms with E-state index in [1.807, 2.05) is 6.92 Å². The van der Waals surface area contributed by atoms with Crippen molar-refractivity contribution in [2.45, 2.75) is 45.1 Å². The molecule has 0 unspecified atom stereocenters. The number of nitrogens with one attached hydrogen (secondary N) is 1. The highest BCUT2D eigenvalue weighted by Crippen LogP contribution is 2.34. The van der Waals surface area contributed by atoms with Gasteiger partial charge < -0.3 is 10.4 Å². The number of aliphatic hydroxyl groups is 1. The summed E-state index contributed by atoms with van der Waals surface area (Å²) < 4.78 is 0. The predicted molar refractivity (Wildman–Crippen MR) is 65.7 cm³/mol. The van der Waals surface area contributed by atoms with Crippen LogP contribution in [0.15, 0.2) is 0 Å². The summed E-state index contributed by atoms with van der Waals surface area (Å²) in [5.41, 5.74) is -0.168. The Morgan fingerprint density at radius 1 is 1.44 bits per heavy atom. The topological polar surface area (TPSA) is 58.0 Å². The second kappa shape index (κ2) is 4.67. The van der Waals surface area contributed by atoms with Crippen molar-refractivity contribution in [2.24, 2.45) is 5.92 Å². The van der Waals surface area contributed by atoms with Gasteiger partial charge in [0.2, 0.25) is 5.13 Å². The first-order valence-electron chi connectivity index (χ1n) is 5.83. The number of anilines is 1. The second-order valence-electron chi connectivity index (χ2n) is 4.87. The molecule has 1 fully saturated rings. The molecule has 1 aliphatic carbocycles. The lowest BCUT2D eigenvalue weighted by molar-refractivity contribution is 0.155. The smallest absolute Gasteiger partial charge is 0.206 e. The fraction of sp³-hybridized carbons (Fsp3) is 0.818. The van der Waals surface area contributed by atoms with Gasteiger partial charge in [0, 0.05) is 0 Å². The van der Waals surface area contributed by atoms with E-state index < -0.39 is 0 Å². The lowest BCUT2D eigenvalue weighted by Crippen LogP contribution is -2.45. The molecule has 0 spiro atoms. The zero-order chi connectivity index (χ0) is 11.6. The van der Waals surface area contributed by atoms with Gasteiger partial charge in [-0.05, 0) is 38.5 Å². The highest BCUT2D eigenvalue weighted by atomic mass is 32.1. The zero-order valence-corrected chi connectivity index (χ0v) is 10.7. The van der Waals surface area contributed by atoms with Crippen LogP contribution in [0, 0.1) is 12.8 Å². The maximum Gasteiger partial charge on any atom is 0.206 e. The summed E-state index contributed by atoms with van der Waals surface area (Å²) in [5.74, 6) is 0.776. The Labute approximate surface area is 100 Å². The minimum absolute atomic E-state index is 0.168. The standard InChI is InChI=1S/C11H19N3OS/c1-8-3-5-11(7-15,6-4-8)12-10-14-13-9(2)16-10/h8,15H,3-7H2,1-2H3,(H,12,14). The first-order valence-corrected chi connectivity index (χ1v) is 6.64. The van der Waals surface area contributed by atoms with Crippen LogP contribution in [0.25, 0.3) is 0 Å². The van der Waals surface area contributed by atoms with Gasteiger partial charge in [0.1, 0.15) is 5.01 Å². The first kappa shape index (κ1) is 11.8. The molecule has 0 aliphatic heterocycles. The van der Waals surface area contributed by atoms with Crippen LogP contribution < -0.4 is 5.32 Å². The molecule has 0 bridgehead atoms. The van der Waals surface area contributed by atoms with Gasteiger partial charge in [-0.15, -0.1) is 10.2 Å².